The number of benzene rings is 2. The van der Waals surface area contributed by atoms with Crippen molar-refractivity contribution in [2.24, 2.45) is 4.99 Å². The molecule has 22 heavy (non-hydrogen) atoms. The highest BCUT2D eigenvalue weighted by atomic mass is 16.3. The van der Waals surface area contributed by atoms with Crippen molar-refractivity contribution in [1.82, 2.24) is 4.98 Å². The van der Waals surface area contributed by atoms with Crippen molar-refractivity contribution >= 4 is 28.1 Å². The number of aromatic amines is 1. The Morgan fingerprint density at radius 3 is 2.59 bits per heavy atom. The minimum Gasteiger partial charge on any atom is -0.505 e. The van der Waals surface area contributed by atoms with Crippen molar-refractivity contribution in [3.8, 4) is 5.75 Å². The number of carbonyl (C=O) groups is 1. The SMILES string of the molecule is Cc1ccc2c(c1)N=C(c1[nH]c3cc(C)ccc3c1O)C2=O. The molecular formula is C18H14N2O2. The molecule has 3 aromatic rings. The fraction of sp³-hybridized carbons (Fsp3) is 0.111. The predicted molar refractivity (Wildman–Crippen MR) is 86.4 cm³/mol. The standard InChI is InChI=1S/C18H14N2O2/c1-9-3-5-11-13(7-9)19-15(17(11)21)16-18(22)12-6-4-10(2)8-14(12)20-16/h3-8,19,21H,1-2H3. The first kappa shape index (κ1) is 12.8. The third kappa shape index (κ3) is 1.70. The highest BCUT2D eigenvalue weighted by Gasteiger charge is 2.29. The van der Waals surface area contributed by atoms with E-state index in [0.717, 1.165) is 16.6 Å². The maximum absolute atomic E-state index is 12.5. The number of hydrogen-bond donors (Lipinski definition) is 2. The Morgan fingerprint density at radius 1 is 1.05 bits per heavy atom. The number of aryl methyl sites for hydroxylation is 2. The van der Waals surface area contributed by atoms with E-state index in [2.05, 4.69) is 9.98 Å². The lowest BCUT2D eigenvalue weighted by Gasteiger charge is -1.97. The number of nitrogens with one attached hydrogen (secondary N) is 1. The van der Waals surface area contributed by atoms with E-state index in [1.165, 1.54) is 0 Å². The average molecular weight is 290 g/mol. The Balaban J connectivity index is 1.92. The van der Waals surface area contributed by atoms with E-state index < -0.39 is 0 Å². The van der Waals surface area contributed by atoms with Crippen LogP contribution in [0.2, 0.25) is 0 Å². The van der Waals surface area contributed by atoms with E-state index in [1.807, 2.05) is 44.2 Å². The molecule has 1 aliphatic rings. The zero-order chi connectivity index (χ0) is 15.4. The number of hydrogen-bond acceptors (Lipinski definition) is 3. The maximum atomic E-state index is 12.5. The van der Waals surface area contributed by atoms with Crippen LogP contribution in [0.5, 0.6) is 5.75 Å². The van der Waals surface area contributed by atoms with Gasteiger partial charge in [-0.15, -0.1) is 0 Å². The molecule has 4 rings (SSSR count). The second-order valence-corrected chi connectivity index (χ2v) is 5.71. The third-order valence-electron chi connectivity index (χ3n) is 4.01. The summed E-state index contributed by atoms with van der Waals surface area (Å²) < 4.78 is 0. The van der Waals surface area contributed by atoms with Crippen molar-refractivity contribution in [3.63, 3.8) is 0 Å². The highest BCUT2D eigenvalue weighted by molar-refractivity contribution is 6.55. The summed E-state index contributed by atoms with van der Waals surface area (Å²) in [6.07, 6.45) is 0. The molecule has 1 aromatic heterocycles. The minimum atomic E-state index is -0.159. The number of Topliss-reactive ketones (excluding diaryl/α,β-unsaturated/α-hetero) is 1. The quantitative estimate of drug-likeness (QED) is 0.715. The lowest BCUT2D eigenvalue weighted by atomic mass is 10.0. The van der Waals surface area contributed by atoms with Crippen LogP contribution < -0.4 is 0 Å². The zero-order valence-electron chi connectivity index (χ0n) is 12.3. The topological polar surface area (TPSA) is 65.4 Å². The molecule has 4 heteroatoms. The number of rotatable bonds is 1. The van der Waals surface area contributed by atoms with Crippen LogP contribution in [0.1, 0.15) is 27.2 Å². The molecule has 0 bridgehead atoms. The highest BCUT2D eigenvalue weighted by Crippen LogP contribution is 2.35. The van der Waals surface area contributed by atoms with Gasteiger partial charge in [0.05, 0.1) is 5.69 Å². The first-order chi connectivity index (χ1) is 10.5. The molecule has 0 aliphatic carbocycles. The summed E-state index contributed by atoms with van der Waals surface area (Å²) in [5.41, 5.74) is 4.83. The van der Waals surface area contributed by atoms with Gasteiger partial charge < -0.3 is 10.1 Å². The van der Waals surface area contributed by atoms with Crippen LogP contribution in [0.3, 0.4) is 0 Å². The molecule has 0 atom stereocenters. The summed E-state index contributed by atoms with van der Waals surface area (Å²) in [4.78, 5) is 20.1. The Kier molecular flexibility index (Phi) is 2.51. The molecule has 2 aromatic carbocycles. The van der Waals surface area contributed by atoms with Gasteiger partial charge in [-0.2, -0.15) is 0 Å². The van der Waals surface area contributed by atoms with Gasteiger partial charge in [-0.25, -0.2) is 4.99 Å². The van der Waals surface area contributed by atoms with Gasteiger partial charge in [0, 0.05) is 16.5 Å². The number of nitrogens with zero attached hydrogens (tertiary/aromatic N) is 1. The first-order valence-electron chi connectivity index (χ1n) is 7.10. The molecule has 0 saturated heterocycles. The van der Waals surface area contributed by atoms with Crippen molar-refractivity contribution in [2.45, 2.75) is 13.8 Å². The van der Waals surface area contributed by atoms with Crippen LogP contribution in [0.25, 0.3) is 10.9 Å². The number of fused-ring (bicyclic) bond motifs is 2. The van der Waals surface area contributed by atoms with Crippen molar-refractivity contribution in [1.29, 1.82) is 0 Å². The molecule has 2 heterocycles. The number of ketones is 1. The number of aliphatic imine (C=N–C) groups is 1. The van der Waals surface area contributed by atoms with Crippen LogP contribution in [0.15, 0.2) is 41.4 Å². The van der Waals surface area contributed by atoms with Gasteiger partial charge in [-0.1, -0.05) is 12.1 Å². The maximum Gasteiger partial charge on any atom is 0.215 e. The smallest absolute Gasteiger partial charge is 0.215 e. The molecule has 0 unspecified atom stereocenters. The monoisotopic (exact) mass is 290 g/mol. The third-order valence-corrected chi connectivity index (χ3v) is 4.01. The fourth-order valence-electron chi connectivity index (χ4n) is 2.86. The van der Waals surface area contributed by atoms with Gasteiger partial charge >= 0.3 is 0 Å². The number of carbonyl (C=O) groups excluding carboxylic acids is 1. The summed E-state index contributed by atoms with van der Waals surface area (Å²) in [5, 5.41) is 11.1. The summed E-state index contributed by atoms with van der Waals surface area (Å²) >= 11 is 0. The predicted octanol–water partition coefficient (Wildman–Crippen LogP) is 3.81. The van der Waals surface area contributed by atoms with E-state index >= 15 is 0 Å². The van der Waals surface area contributed by atoms with E-state index in [1.54, 1.807) is 6.07 Å². The molecule has 0 spiro atoms. The van der Waals surface area contributed by atoms with Crippen LogP contribution in [-0.2, 0) is 0 Å². The summed E-state index contributed by atoms with van der Waals surface area (Å²) in [7, 11) is 0. The van der Waals surface area contributed by atoms with Crippen molar-refractivity contribution in [2.75, 3.05) is 0 Å². The lowest BCUT2D eigenvalue weighted by Crippen LogP contribution is -2.11. The average Bonchev–Trinajstić information content (AvgIpc) is 2.96. The van der Waals surface area contributed by atoms with E-state index in [0.29, 0.717) is 22.3 Å². The Labute approximate surface area is 127 Å². The van der Waals surface area contributed by atoms with Gasteiger partial charge in [0.1, 0.15) is 11.4 Å². The minimum absolute atomic E-state index is 0.0756. The second-order valence-electron chi connectivity index (χ2n) is 5.71. The van der Waals surface area contributed by atoms with Gasteiger partial charge in [-0.3, -0.25) is 4.79 Å². The van der Waals surface area contributed by atoms with Gasteiger partial charge in [0.2, 0.25) is 5.78 Å². The molecule has 108 valence electrons. The first-order valence-corrected chi connectivity index (χ1v) is 7.10. The van der Waals surface area contributed by atoms with E-state index in [-0.39, 0.29) is 17.2 Å². The van der Waals surface area contributed by atoms with E-state index in [4.69, 9.17) is 0 Å². The van der Waals surface area contributed by atoms with E-state index in [9.17, 15) is 9.90 Å². The summed E-state index contributed by atoms with van der Waals surface area (Å²) in [6, 6.07) is 11.3. The van der Waals surface area contributed by atoms with Crippen LogP contribution in [-0.4, -0.2) is 21.6 Å². The molecule has 2 N–H and O–H groups in total. The van der Waals surface area contributed by atoms with Gasteiger partial charge in [0.15, 0.2) is 5.75 Å². The second kappa shape index (κ2) is 4.31. The van der Waals surface area contributed by atoms with Crippen LogP contribution >= 0.6 is 0 Å². The van der Waals surface area contributed by atoms with Crippen molar-refractivity contribution < 1.29 is 9.90 Å². The molecular weight excluding hydrogens is 276 g/mol. The molecule has 1 aliphatic heterocycles. The van der Waals surface area contributed by atoms with Crippen LogP contribution in [0.4, 0.5) is 5.69 Å². The fourth-order valence-corrected chi connectivity index (χ4v) is 2.86. The molecule has 0 saturated carbocycles. The normalized spacial score (nSPS) is 13.5. The Bertz CT molecular complexity index is 980. The largest absolute Gasteiger partial charge is 0.505 e. The molecule has 0 radical (unpaired) electrons. The molecule has 4 nitrogen and oxygen atoms in total. The number of H-pyrrole nitrogens is 1. The van der Waals surface area contributed by atoms with Crippen molar-refractivity contribution in [3.05, 3.63) is 58.8 Å². The Hall–Kier alpha value is -2.88. The molecule has 0 fully saturated rings. The summed E-state index contributed by atoms with van der Waals surface area (Å²) in [5.74, 6) is -0.0831. The number of aromatic hydroxyl groups is 1. The van der Waals surface area contributed by atoms with Crippen LogP contribution in [0, 0.1) is 13.8 Å². The lowest BCUT2D eigenvalue weighted by molar-refractivity contribution is 0.107. The Morgan fingerprint density at radius 2 is 1.77 bits per heavy atom. The van der Waals surface area contributed by atoms with Gasteiger partial charge in [-0.05, 0) is 49.2 Å². The van der Waals surface area contributed by atoms with Gasteiger partial charge in [0.25, 0.3) is 0 Å². The molecule has 0 amide bonds. The summed E-state index contributed by atoms with van der Waals surface area (Å²) in [6.45, 7) is 3.94. The number of aromatic nitrogens is 1. The zero-order valence-corrected chi connectivity index (χ0v) is 12.3.